The van der Waals surface area contributed by atoms with Crippen LogP contribution in [0.25, 0.3) is 0 Å². The highest BCUT2D eigenvalue weighted by Gasteiger charge is 2.31. The van der Waals surface area contributed by atoms with Crippen LogP contribution in [0.15, 0.2) is 0 Å². The van der Waals surface area contributed by atoms with E-state index in [9.17, 15) is 4.79 Å². The van der Waals surface area contributed by atoms with Crippen LogP contribution in [-0.4, -0.2) is 26.9 Å². The van der Waals surface area contributed by atoms with Gasteiger partial charge in [0.2, 0.25) is 8.32 Å². The predicted molar refractivity (Wildman–Crippen MR) is 55.0 cm³/mol. The van der Waals surface area contributed by atoms with Crippen LogP contribution in [0.4, 0.5) is 0 Å². The van der Waals surface area contributed by atoms with E-state index in [4.69, 9.17) is 4.43 Å². The zero-order chi connectivity index (χ0) is 10.1. The monoisotopic (exact) mass is 201 g/mol. The molecule has 0 bridgehead atoms. The van der Waals surface area contributed by atoms with Gasteiger partial charge in [0.1, 0.15) is 6.04 Å². The molecular formula is C9H19NO2Si. The fraction of sp³-hybridized carbons (Fsp3) is 0.889. The second kappa shape index (κ2) is 3.80. The molecule has 1 rings (SSSR count). The minimum absolute atomic E-state index is 0.0523. The highest BCUT2D eigenvalue weighted by molar-refractivity contribution is 6.71. The lowest BCUT2D eigenvalue weighted by Gasteiger charge is -2.20. The van der Waals surface area contributed by atoms with Crippen molar-refractivity contribution >= 4 is 14.3 Å². The van der Waals surface area contributed by atoms with Gasteiger partial charge in [0.05, 0.1) is 0 Å². The summed E-state index contributed by atoms with van der Waals surface area (Å²) in [6.07, 6.45) is 0.920. The van der Waals surface area contributed by atoms with Crippen molar-refractivity contribution in [3.05, 3.63) is 0 Å². The van der Waals surface area contributed by atoms with Gasteiger partial charge in [-0.25, -0.2) is 0 Å². The molecule has 76 valence electrons. The van der Waals surface area contributed by atoms with Crippen LogP contribution in [0.2, 0.25) is 19.6 Å². The van der Waals surface area contributed by atoms with E-state index < -0.39 is 8.32 Å². The van der Waals surface area contributed by atoms with Crippen LogP contribution in [0, 0.1) is 5.92 Å². The Balaban J connectivity index is 2.41. The topological polar surface area (TPSA) is 38.3 Å². The zero-order valence-corrected chi connectivity index (χ0v) is 9.89. The van der Waals surface area contributed by atoms with Gasteiger partial charge in [-0.15, -0.1) is 0 Å². The van der Waals surface area contributed by atoms with Gasteiger partial charge in [-0.3, -0.25) is 4.79 Å². The van der Waals surface area contributed by atoms with E-state index in [-0.39, 0.29) is 12.0 Å². The third kappa shape index (κ3) is 3.48. The molecular weight excluding hydrogens is 182 g/mol. The number of hydrogen-bond donors (Lipinski definition) is 1. The molecule has 0 aliphatic carbocycles. The van der Waals surface area contributed by atoms with Crippen molar-refractivity contribution < 1.29 is 9.22 Å². The van der Waals surface area contributed by atoms with Crippen LogP contribution in [0.1, 0.15) is 13.3 Å². The molecule has 1 saturated heterocycles. The number of rotatable bonds is 2. The van der Waals surface area contributed by atoms with Gasteiger partial charge in [0.15, 0.2) is 0 Å². The highest BCUT2D eigenvalue weighted by atomic mass is 28.4. The lowest BCUT2D eigenvalue weighted by molar-refractivity contribution is -0.137. The number of carbonyl (C=O) groups excluding carboxylic acids is 1. The highest BCUT2D eigenvalue weighted by Crippen LogP contribution is 2.15. The van der Waals surface area contributed by atoms with Gasteiger partial charge in [0, 0.05) is 0 Å². The molecule has 1 N–H and O–H groups in total. The van der Waals surface area contributed by atoms with E-state index in [1.165, 1.54) is 0 Å². The maximum absolute atomic E-state index is 11.6. The summed E-state index contributed by atoms with van der Waals surface area (Å²) in [7, 11) is -1.70. The maximum Gasteiger partial charge on any atom is 0.309 e. The molecule has 0 spiro atoms. The largest absolute Gasteiger partial charge is 0.519 e. The smallest absolute Gasteiger partial charge is 0.309 e. The van der Waals surface area contributed by atoms with Gasteiger partial charge in [-0.1, -0.05) is 6.92 Å². The Kier molecular flexibility index (Phi) is 3.13. The van der Waals surface area contributed by atoms with Crippen LogP contribution in [0.3, 0.4) is 0 Å². The first kappa shape index (κ1) is 10.7. The van der Waals surface area contributed by atoms with Crippen molar-refractivity contribution in [1.82, 2.24) is 5.32 Å². The first-order chi connectivity index (χ1) is 5.88. The van der Waals surface area contributed by atoms with Gasteiger partial charge in [-0.2, -0.15) is 0 Å². The normalized spacial score (nSPS) is 28.9. The summed E-state index contributed by atoms with van der Waals surface area (Å²) >= 11 is 0. The summed E-state index contributed by atoms with van der Waals surface area (Å²) in [5.41, 5.74) is 0. The molecule has 1 heterocycles. The molecule has 0 saturated carbocycles. The maximum atomic E-state index is 11.6. The van der Waals surface area contributed by atoms with Gasteiger partial charge < -0.3 is 9.74 Å². The minimum atomic E-state index is -1.70. The molecule has 1 aliphatic heterocycles. The molecule has 0 aromatic carbocycles. The van der Waals surface area contributed by atoms with Crippen LogP contribution < -0.4 is 5.32 Å². The Labute approximate surface area is 81.0 Å². The van der Waals surface area contributed by atoms with Crippen LogP contribution in [0.5, 0.6) is 0 Å². The first-order valence-electron chi connectivity index (χ1n) is 4.85. The van der Waals surface area contributed by atoms with Crippen molar-refractivity contribution in [2.45, 2.75) is 39.0 Å². The Hall–Kier alpha value is -0.353. The fourth-order valence-electron chi connectivity index (χ4n) is 1.46. The van der Waals surface area contributed by atoms with Gasteiger partial charge in [0.25, 0.3) is 0 Å². The summed E-state index contributed by atoms with van der Waals surface area (Å²) in [5, 5.41) is 3.18. The molecule has 0 aromatic rings. The molecule has 13 heavy (non-hydrogen) atoms. The lowest BCUT2D eigenvalue weighted by Crippen LogP contribution is -2.39. The second-order valence-electron chi connectivity index (χ2n) is 4.84. The quantitative estimate of drug-likeness (QED) is 0.686. The van der Waals surface area contributed by atoms with Gasteiger partial charge in [-0.05, 0) is 38.5 Å². The summed E-state index contributed by atoms with van der Waals surface area (Å²) in [5.74, 6) is 0.544. The van der Waals surface area contributed by atoms with E-state index >= 15 is 0 Å². The van der Waals surface area contributed by atoms with Crippen LogP contribution >= 0.6 is 0 Å². The lowest BCUT2D eigenvalue weighted by atomic mass is 10.1. The van der Waals surface area contributed by atoms with E-state index in [1.54, 1.807) is 0 Å². The molecule has 4 heteroatoms. The van der Waals surface area contributed by atoms with Crippen molar-refractivity contribution in [3.63, 3.8) is 0 Å². The summed E-state index contributed by atoms with van der Waals surface area (Å²) in [6.45, 7) is 9.18. The molecule has 3 nitrogen and oxygen atoms in total. The summed E-state index contributed by atoms with van der Waals surface area (Å²) in [6, 6.07) is -0.0540. The summed E-state index contributed by atoms with van der Waals surface area (Å²) < 4.78 is 5.41. The Morgan fingerprint density at radius 2 is 2.08 bits per heavy atom. The van der Waals surface area contributed by atoms with Crippen molar-refractivity contribution in [1.29, 1.82) is 0 Å². The molecule has 2 atom stereocenters. The standard InChI is InChI=1S/C9H19NO2Si/c1-7-5-8(10-6-7)9(11)12-13(2,3)4/h7-8,10H,5-6H2,1-4H3/t7-,8+/m1/s1. The number of carbonyl (C=O) groups is 1. The number of hydrogen-bond acceptors (Lipinski definition) is 3. The number of nitrogens with one attached hydrogen (secondary N) is 1. The van der Waals surface area contributed by atoms with E-state index in [0.29, 0.717) is 5.92 Å². The zero-order valence-electron chi connectivity index (χ0n) is 8.89. The minimum Gasteiger partial charge on any atom is -0.519 e. The van der Waals surface area contributed by atoms with Crippen LogP contribution in [-0.2, 0) is 9.22 Å². The van der Waals surface area contributed by atoms with Crippen molar-refractivity contribution in [2.75, 3.05) is 6.54 Å². The molecule has 1 aliphatic rings. The molecule has 0 aromatic heterocycles. The average molecular weight is 201 g/mol. The Bertz CT molecular complexity index is 200. The fourth-order valence-corrected chi connectivity index (χ4v) is 2.21. The molecule has 0 amide bonds. The third-order valence-corrected chi connectivity index (χ3v) is 2.86. The molecule has 0 unspecified atom stereocenters. The first-order valence-corrected chi connectivity index (χ1v) is 8.25. The summed E-state index contributed by atoms with van der Waals surface area (Å²) in [4.78, 5) is 11.6. The van der Waals surface area contributed by atoms with Crippen molar-refractivity contribution in [3.8, 4) is 0 Å². The van der Waals surface area contributed by atoms with E-state index in [0.717, 1.165) is 13.0 Å². The molecule has 1 fully saturated rings. The predicted octanol–water partition coefficient (Wildman–Crippen LogP) is 1.36. The van der Waals surface area contributed by atoms with Gasteiger partial charge >= 0.3 is 5.97 Å². The average Bonchev–Trinajstić information content (AvgIpc) is 2.31. The Morgan fingerprint density at radius 1 is 1.46 bits per heavy atom. The van der Waals surface area contributed by atoms with Crippen molar-refractivity contribution in [2.24, 2.45) is 5.92 Å². The van der Waals surface area contributed by atoms with E-state index in [2.05, 4.69) is 12.2 Å². The second-order valence-corrected chi connectivity index (χ2v) is 9.26. The SMILES string of the molecule is C[C@H]1CN[C@H](C(=O)O[Si](C)(C)C)C1. The Morgan fingerprint density at radius 3 is 2.46 bits per heavy atom. The molecule has 0 radical (unpaired) electrons. The van der Waals surface area contributed by atoms with E-state index in [1.807, 2.05) is 19.6 Å². The third-order valence-electron chi connectivity index (χ3n) is 2.04.